The largest absolute Gasteiger partial charge is 0.455 e. The number of hydrogen-bond acceptors (Lipinski definition) is 3. The Kier molecular flexibility index (Phi) is 5.56. The zero-order valence-electron chi connectivity index (χ0n) is 11.8. The number of nitrogens with zero attached hydrogens (tertiary/aromatic N) is 1. The molecule has 1 atom stereocenters. The summed E-state index contributed by atoms with van der Waals surface area (Å²) < 4.78 is 6.96. The molecule has 1 aromatic carbocycles. The minimum atomic E-state index is 0.245. The second-order valence-electron chi connectivity index (χ2n) is 4.65. The fraction of sp³-hybridized carbons (Fsp3) is 0.312. The normalized spacial score (nSPS) is 12.2. The predicted octanol–water partition coefficient (Wildman–Crippen LogP) is 4.70. The van der Waals surface area contributed by atoms with E-state index in [-0.39, 0.29) is 6.04 Å². The maximum Gasteiger partial charge on any atom is 0.145 e. The zero-order chi connectivity index (χ0) is 14.4. The van der Waals surface area contributed by atoms with Crippen molar-refractivity contribution < 1.29 is 4.74 Å². The van der Waals surface area contributed by atoms with E-state index < -0.39 is 0 Å². The number of nitrogens with one attached hydrogen (secondary N) is 1. The monoisotopic (exact) mass is 334 g/mol. The quantitative estimate of drug-likeness (QED) is 0.831. The lowest BCUT2D eigenvalue weighted by atomic mass is 10.1. The minimum absolute atomic E-state index is 0.245. The van der Waals surface area contributed by atoms with Crippen LogP contribution in [0.5, 0.6) is 11.5 Å². The lowest BCUT2D eigenvalue weighted by molar-refractivity contribution is 0.459. The maximum absolute atomic E-state index is 5.96. The standard InChI is InChI=1S/C16H19BrN2O/c1-3-8-19-12(2)15-7-6-13(17)10-16(15)20-14-5-4-9-18-11-14/h4-7,9-12,19H,3,8H2,1-2H3. The van der Waals surface area contributed by atoms with Crippen LogP contribution in [0.25, 0.3) is 0 Å². The molecular formula is C16H19BrN2O. The summed E-state index contributed by atoms with van der Waals surface area (Å²) in [6.07, 6.45) is 4.56. The first kappa shape index (κ1) is 15.0. The van der Waals surface area contributed by atoms with Gasteiger partial charge in [0.15, 0.2) is 0 Å². The summed E-state index contributed by atoms with van der Waals surface area (Å²) in [5.74, 6) is 1.60. The number of aromatic nitrogens is 1. The van der Waals surface area contributed by atoms with Crippen LogP contribution in [0.2, 0.25) is 0 Å². The first-order valence-electron chi connectivity index (χ1n) is 6.81. The van der Waals surface area contributed by atoms with Gasteiger partial charge in [0.05, 0.1) is 6.20 Å². The van der Waals surface area contributed by atoms with Gasteiger partial charge < -0.3 is 10.1 Å². The van der Waals surface area contributed by atoms with Gasteiger partial charge in [0.2, 0.25) is 0 Å². The Bertz CT molecular complexity index is 545. The van der Waals surface area contributed by atoms with E-state index >= 15 is 0 Å². The topological polar surface area (TPSA) is 34.1 Å². The molecule has 0 aliphatic heterocycles. The summed E-state index contributed by atoms with van der Waals surface area (Å²) in [6.45, 7) is 5.30. The number of pyridine rings is 1. The third-order valence-corrected chi connectivity index (χ3v) is 3.50. The van der Waals surface area contributed by atoms with Crippen LogP contribution in [0.1, 0.15) is 31.9 Å². The molecule has 0 saturated carbocycles. The average Bonchev–Trinajstić information content (AvgIpc) is 2.46. The average molecular weight is 335 g/mol. The Morgan fingerprint density at radius 1 is 1.35 bits per heavy atom. The van der Waals surface area contributed by atoms with E-state index in [4.69, 9.17) is 4.74 Å². The molecule has 0 saturated heterocycles. The number of rotatable bonds is 6. The van der Waals surface area contributed by atoms with E-state index in [0.29, 0.717) is 0 Å². The fourth-order valence-electron chi connectivity index (χ4n) is 1.96. The van der Waals surface area contributed by atoms with Crippen molar-refractivity contribution in [1.82, 2.24) is 10.3 Å². The first-order valence-corrected chi connectivity index (χ1v) is 7.60. The predicted molar refractivity (Wildman–Crippen MR) is 85.2 cm³/mol. The number of halogens is 1. The molecule has 2 aromatic rings. The summed E-state index contributed by atoms with van der Waals surface area (Å²) in [5, 5.41) is 3.48. The molecular weight excluding hydrogens is 316 g/mol. The van der Waals surface area contributed by atoms with Gasteiger partial charge in [-0.25, -0.2) is 0 Å². The van der Waals surface area contributed by atoms with E-state index in [1.165, 1.54) is 0 Å². The SMILES string of the molecule is CCCNC(C)c1ccc(Br)cc1Oc1cccnc1. The van der Waals surface area contributed by atoms with Crippen LogP contribution in [-0.4, -0.2) is 11.5 Å². The van der Waals surface area contributed by atoms with Crippen LogP contribution in [0.4, 0.5) is 0 Å². The third kappa shape index (κ3) is 4.05. The van der Waals surface area contributed by atoms with Crippen molar-refractivity contribution >= 4 is 15.9 Å². The molecule has 1 N–H and O–H groups in total. The van der Waals surface area contributed by atoms with Crippen LogP contribution >= 0.6 is 15.9 Å². The van der Waals surface area contributed by atoms with Gasteiger partial charge in [-0.2, -0.15) is 0 Å². The molecule has 0 amide bonds. The summed E-state index contributed by atoms with van der Waals surface area (Å²) >= 11 is 3.50. The molecule has 1 unspecified atom stereocenters. The van der Waals surface area contributed by atoms with Crippen molar-refractivity contribution in [3.05, 3.63) is 52.8 Å². The van der Waals surface area contributed by atoms with Gasteiger partial charge in [0.25, 0.3) is 0 Å². The Morgan fingerprint density at radius 2 is 2.20 bits per heavy atom. The highest BCUT2D eigenvalue weighted by Crippen LogP contribution is 2.32. The molecule has 4 heteroatoms. The lowest BCUT2D eigenvalue weighted by Crippen LogP contribution is -2.19. The van der Waals surface area contributed by atoms with Crippen LogP contribution in [0.15, 0.2) is 47.2 Å². The van der Waals surface area contributed by atoms with Crippen LogP contribution < -0.4 is 10.1 Å². The molecule has 2 rings (SSSR count). The molecule has 0 aliphatic rings. The van der Waals surface area contributed by atoms with Crippen molar-refractivity contribution in [1.29, 1.82) is 0 Å². The van der Waals surface area contributed by atoms with Gasteiger partial charge in [-0.1, -0.05) is 28.9 Å². The minimum Gasteiger partial charge on any atom is -0.455 e. The molecule has 0 fully saturated rings. The van der Waals surface area contributed by atoms with Gasteiger partial charge in [0, 0.05) is 22.3 Å². The Balaban J connectivity index is 2.24. The van der Waals surface area contributed by atoms with E-state index in [1.807, 2.05) is 24.3 Å². The Labute approximate surface area is 128 Å². The molecule has 1 heterocycles. The van der Waals surface area contributed by atoms with Crippen molar-refractivity contribution in [3.8, 4) is 11.5 Å². The van der Waals surface area contributed by atoms with E-state index in [9.17, 15) is 0 Å². The second-order valence-corrected chi connectivity index (χ2v) is 5.56. The molecule has 0 aliphatic carbocycles. The second kappa shape index (κ2) is 7.41. The summed E-state index contributed by atoms with van der Waals surface area (Å²) in [5.41, 5.74) is 1.14. The molecule has 106 valence electrons. The molecule has 0 spiro atoms. The molecule has 0 radical (unpaired) electrons. The van der Waals surface area contributed by atoms with Gasteiger partial charge in [-0.15, -0.1) is 0 Å². The summed E-state index contributed by atoms with van der Waals surface area (Å²) in [7, 11) is 0. The van der Waals surface area contributed by atoms with Gasteiger partial charge >= 0.3 is 0 Å². The highest BCUT2D eigenvalue weighted by atomic mass is 79.9. The Morgan fingerprint density at radius 3 is 2.90 bits per heavy atom. The molecule has 1 aromatic heterocycles. The van der Waals surface area contributed by atoms with Crippen molar-refractivity contribution in [2.24, 2.45) is 0 Å². The smallest absolute Gasteiger partial charge is 0.145 e. The zero-order valence-corrected chi connectivity index (χ0v) is 13.4. The highest BCUT2D eigenvalue weighted by molar-refractivity contribution is 9.10. The number of ether oxygens (including phenoxy) is 1. The van der Waals surface area contributed by atoms with E-state index in [0.717, 1.165) is 34.5 Å². The first-order chi connectivity index (χ1) is 9.70. The van der Waals surface area contributed by atoms with E-state index in [1.54, 1.807) is 12.4 Å². The van der Waals surface area contributed by atoms with Crippen molar-refractivity contribution in [3.63, 3.8) is 0 Å². The molecule has 20 heavy (non-hydrogen) atoms. The van der Waals surface area contributed by atoms with Crippen LogP contribution in [0, 0.1) is 0 Å². The van der Waals surface area contributed by atoms with Gasteiger partial charge in [-0.3, -0.25) is 4.98 Å². The third-order valence-electron chi connectivity index (χ3n) is 3.00. The number of hydrogen-bond donors (Lipinski definition) is 1. The molecule has 0 bridgehead atoms. The van der Waals surface area contributed by atoms with Gasteiger partial charge in [0.1, 0.15) is 11.5 Å². The number of benzene rings is 1. The molecule has 3 nitrogen and oxygen atoms in total. The van der Waals surface area contributed by atoms with Crippen LogP contribution in [0.3, 0.4) is 0 Å². The summed E-state index contributed by atoms with van der Waals surface area (Å²) in [6, 6.07) is 10.1. The fourth-order valence-corrected chi connectivity index (χ4v) is 2.30. The van der Waals surface area contributed by atoms with Crippen LogP contribution in [-0.2, 0) is 0 Å². The maximum atomic E-state index is 5.96. The van der Waals surface area contributed by atoms with Gasteiger partial charge in [-0.05, 0) is 44.2 Å². The van der Waals surface area contributed by atoms with Crippen molar-refractivity contribution in [2.45, 2.75) is 26.3 Å². The summed E-state index contributed by atoms with van der Waals surface area (Å²) in [4.78, 5) is 4.08. The Hall–Kier alpha value is -1.39. The van der Waals surface area contributed by atoms with E-state index in [2.05, 4.69) is 46.1 Å². The lowest BCUT2D eigenvalue weighted by Gasteiger charge is -2.18. The van der Waals surface area contributed by atoms with Crippen molar-refractivity contribution in [2.75, 3.05) is 6.54 Å². The highest BCUT2D eigenvalue weighted by Gasteiger charge is 2.12.